The monoisotopic (exact) mass is 384 g/mol. The first kappa shape index (κ1) is 20.1. The molecule has 2 aromatic carbocycles. The summed E-state index contributed by atoms with van der Waals surface area (Å²) in [6, 6.07) is 10.5. The molecule has 6 nitrogen and oxygen atoms in total. The van der Waals surface area contributed by atoms with Gasteiger partial charge in [0.1, 0.15) is 11.8 Å². The average Bonchev–Trinajstić information content (AvgIpc) is 3.16. The van der Waals surface area contributed by atoms with E-state index in [4.69, 9.17) is 4.74 Å². The Kier molecular flexibility index (Phi) is 6.19. The number of aromatic hydroxyl groups is 1. The zero-order valence-electron chi connectivity index (χ0n) is 16.6. The van der Waals surface area contributed by atoms with Crippen molar-refractivity contribution in [1.82, 2.24) is 10.6 Å². The summed E-state index contributed by atoms with van der Waals surface area (Å²) in [6.07, 6.45) is 0.617. The van der Waals surface area contributed by atoms with E-state index in [2.05, 4.69) is 10.6 Å². The van der Waals surface area contributed by atoms with E-state index in [-0.39, 0.29) is 47.1 Å². The molecule has 0 saturated carbocycles. The lowest BCUT2D eigenvalue weighted by atomic mass is 9.88. The van der Waals surface area contributed by atoms with E-state index in [1.54, 1.807) is 19.1 Å². The molecule has 3 atom stereocenters. The van der Waals surface area contributed by atoms with Crippen LogP contribution >= 0.6 is 0 Å². The van der Waals surface area contributed by atoms with Crippen LogP contribution in [0.5, 0.6) is 5.75 Å². The van der Waals surface area contributed by atoms with Crippen LogP contribution in [0.2, 0.25) is 0 Å². The number of fused-ring (bicyclic) bond motifs is 1. The van der Waals surface area contributed by atoms with E-state index in [0.29, 0.717) is 25.0 Å². The molecule has 0 aromatic heterocycles. The summed E-state index contributed by atoms with van der Waals surface area (Å²) < 4.78 is 5.10. The molecule has 1 aliphatic heterocycles. The van der Waals surface area contributed by atoms with Gasteiger partial charge in [0, 0.05) is 18.0 Å². The van der Waals surface area contributed by atoms with Crippen molar-refractivity contribution in [2.45, 2.75) is 39.3 Å². The maximum atomic E-state index is 12.9. The van der Waals surface area contributed by atoms with E-state index in [9.17, 15) is 14.7 Å². The molecule has 3 rings (SSSR count). The van der Waals surface area contributed by atoms with Crippen molar-refractivity contribution < 1.29 is 19.4 Å². The molecule has 2 aromatic rings. The zero-order chi connectivity index (χ0) is 20.3. The van der Waals surface area contributed by atoms with Gasteiger partial charge >= 0.3 is 5.97 Å². The third kappa shape index (κ3) is 4.12. The number of ether oxygens (including phenoxy) is 1. The molecular formula is C22H28N2O4. The smallest absolute Gasteiger partial charge is 0.323 e. The number of carbonyl (C=O) groups excluding carboxylic acids is 2. The maximum absolute atomic E-state index is 12.9. The van der Waals surface area contributed by atoms with Gasteiger partial charge in [-0.2, -0.15) is 0 Å². The van der Waals surface area contributed by atoms with Crippen molar-refractivity contribution >= 4 is 22.6 Å². The molecule has 1 amide bonds. The fraction of sp³-hybridized carbons (Fsp3) is 0.455. The quantitative estimate of drug-likeness (QED) is 0.667. The number of nitrogens with one attached hydrogen (secondary N) is 2. The Morgan fingerprint density at radius 1 is 1.25 bits per heavy atom. The van der Waals surface area contributed by atoms with Crippen molar-refractivity contribution in [3.8, 4) is 5.75 Å². The molecule has 3 N–H and O–H groups in total. The van der Waals surface area contributed by atoms with Crippen molar-refractivity contribution in [2.75, 3.05) is 13.2 Å². The lowest BCUT2D eigenvalue weighted by Gasteiger charge is -2.28. The van der Waals surface area contributed by atoms with Gasteiger partial charge in [-0.15, -0.1) is 0 Å². The average molecular weight is 384 g/mol. The Hall–Kier alpha value is -2.60. The molecular weight excluding hydrogens is 356 g/mol. The third-order valence-electron chi connectivity index (χ3n) is 5.41. The molecule has 0 bridgehead atoms. The largest absolute Gasteiger partial charge is 0.506 e. The summed E-state index contributed by atoms with van der Waals surface area (Å²) in [5.41, 5.74) is 0.261. The SMILES string of the molecule is CCOC(=O)[C@@H]1C[C@H](C(NC(=O)c2ccc3ccccc3c2O)C(C)C)CN1. The Bertz CT molecular complexity index is 865. The van der Waals surface area contributed by atoms with Crippen LogP contribution in [0.4, 0.5) is 0 Å². The van der Waals surface area contributed by atoms with Gasteiger partial charge in [-0.05, 0) is 36.6 Å². The summed E-state index contributed by atoms with van der Waals surface area (Å²) in [6.45, 7) is 6.87. The second-order valence-corrected chi connectivity index (χ2v) is 7.63. The number of hydrogen-bond acceptors (Lipinski definition) is 5. The predicted molar refractivity (Wildman–Crippen MR) is 108 cm³/mol. The zero-order valence-corrected chi connectivity index (χ0v) is 16.6. The summed E-state index contributed by atoms with van der Waals surface area (Å²) in [7, 11) is 0. The summed E-state index contributed by atoms with van der Waals surface area (Å²) in [5.74, 6) is -0.264. The number of phenolic OH excluding ortho intramolecular Hbond substituents is 1. The van der Waals surface area contributed by atoms with Gasteiger partial charge in [0.05, 0.1) is 12.2 Å². The molecule has 1 heterocycles. The minimum Gasteiger partial charge on any atom is -0.506 e. The first-order chi connectivity index (χ1) is 13.4. The third-order valence-corrected chi connectivity index (χ3v) is 5.41. The molecule has 1 unspecified atom stereocenters. The van der Waals surface area contributed by atoms with Gasteiger partial charge in [0.15, 0.2) is 0 Å². The Balaban J connectivity index is 1.75. The Morgan fingerprint density at radius 3 is 2.71 bits per heavy atom. The number of amides is 1. The second kappa shape index (κ2) is 8.61. The minimum absolute atomic E-state index is 0.00736. The molecule has 0 aliphatic carbocycles. The van der Waals surface area contributed by atoms with E-state index in [1.165, 1.54) is 0 Å². The first-order valence-electron chi connectivity index (χ1n) is 9.84. The molecule has 1 fully saturated rings. The van der Waals surface area contributed by atoms with Crippen LogP contribution in [0.3, 0.4) is 0 Å². The second-order valence-electron chi connectivity index (χ2n) is 7.63. The van der Waals surface area contributed by atoms with Crippen LogP contribution in [0, 0.1) is 11.8 Å². The fourth-order valence-electron chi connectivity index (χ4n) is 3.96. The molecule has 150 valence electrons. The Labute approximate surface area is 165 Å². The predicted octanol–water partition coefficient (Wildman–Crippen LogP) is 2.84. The van der Waals surface area contributed by atoms with Crippen LogP contribution < -0.4 is 10.6 Å². The number of esters is 1. The minimum atomic E-state index is -0.336. The van der Waals surface area contributed by atoms with Crippen LogP contribution in [0.25, 0.3) is 10.8 Å². The molecule has 0 radical (unpaired) electrons. The Morgan fingerprint density at radius 2 is 2.00 bits per heavy atom. The highest BCUT2D eigenvalue weighted by Gasteiger charge is 2.37. The van der Waals surface area contributed by atoms with Crippen LogP contribution in [0.15, 0.2) is 36.4 Å². The highest BCUT2D eigenvalue weighted by molar-refractivity contribution is 6.03. The van der Waals surface area contributed by atoms with Gasteiger partial charge in [0.25, 0.3) is 5.91 Å². The molecule has 1 saturated heterocycles. The van der Waals surface area contributed by atoms with Crippen molar-refractivity contribution in [3.63, 3.8) is 0 Å². The number of rotatable bonds is 6. The van der Waals surface area contributed by atoms with E-state index in [0.717, 1.165) is 5.39 Å². The molecule has 0 spiro atoms. The van der Waals surface area contributed by atoms with Crippen molar-refractivity contribution in [2.24, 2.45) is 11.8 Å². The van der Waals surface area contributed by atoms with Gasteiger partial charge in [-0.3, -0.25) is 9.59 Å². The summed E-state index contributed by atoms with van der Waals surface area (Å²) in [5, 5.41) is 18.4. The summed E-state index contributed by atoms with van der Waals surface area (Å²) in [4.78, 5) is 24.9. The van der Waals surface area contributed by atoms with Crippen LogP contribution in [-0.2, 0) is 9.53 Å². The topological polar surface area (TPSA) is 87.7 Å². The molecule has 6 heteroatoms. The van der Waals surface area contributed by atoms with Crippen molar-refractivity contribution in [1.29, 1.82) is 0 Å². The van der Waals surface area contributed by atoms with Gasteiger partial charge < -0.3 is 20.5 Å². The first-order valence-corrected chi connectivity index (χ1v) is 9.84. The van der Waals surface area contributed by atoms with E-state index in [1.807, 2.05) is 38.1 Å². The van der Waals surface area contributed by atoms with Gasteiger partial charge in [-0.1, -0.05) is 44.2 Å². The highest BCUT2D eigenvalue weighted by atomic mass is 16.5. The number of benzene rings is 2. The number of phenols is 1. The van der Waals surface area contributed by atoms with E-state index < -0.39 is 0 Å². The maximum Gasteiger partial charge on any atom is 0.323 e. The van der Waals surface area contributed by atoms with Crippen LogP contribution in [0.1, 0.15) is 37.6 Å². The lowest BCUT2D eigenvalue weighted by molar-refractivity contribution is -0.145. The highest BCUT2D eigenvalue weighted by Crippen LogP contribution is 2.29. The van der Waals surface area contributed by atoms with Crippen LogP contribution in [-0.4, -0.2) is 42.2 Å². The molecule has 28 heavy (non-hydrogen) atoms. The van der Waals surface area contributed by atoms with Crippen molar-refractivity contribution in [3.05, 3.63) is 42.0 Å². The van der Waals surface area contributed by atoms with Gasteiger partial charge in [0.2, 0.25) is 0 Å². The lowest BCUT2D eigenvalue weighted by Crippen LogP contribution is -2.44. The fourth-order valence-corrected chi connectivity index (χ4v) is 3.96. The van der Waals surface area contributed by atoms with E-state index >= 15 is 0 Å². The number of carbonyl (C=O) groups is 2. The normalized spacial score (nSPS) is 20.3. The summed E-state index contributed by atoms with van der Waals surface area (Å²) >= 11 is 0. The van der Waals surface area contributed by atoms with Gasteiger partial charge in [-0.25, -0.2) is 0 Å². The number of hydrogen-bond donors (Lipinski definition) is 3. The molecule has 1 aliphatic rings. The standard InChI is InChI=1S/C22H28N2O4/c1-4-28-22(27)18-11-15(12-23-18)19(13(2)3)24-21(26)17-10-9-14-7-5-6-8-16(14)20(17)25/h5-10,13,15,18-19,23,25H,4,11-12H2,1-3H3,(H,24,26)/t15-,18-,19?/m0/s1.